The lowest BCUT2D eigenvalue weighted by atomic mass is 9.96. The van der Waals surface area contributed by atoms with Gasteiger partial charge in [0.25, 0.3) is 0 Å². The van der Waals surface area contributed by atoms with Gasteiger partial charge < -0.3 is 10.6 Å². The van der Waals surface area contributed by atoms with Crippen LogP contribution in [0, 0.1) is 11.7 Å². The summed E-state index contributed by atoms with van der Waals surface area (Å²) in [5.41, 5.74) is 0.795. The van der Waals surface area contributed by atoms with Gasteiger partial charge >= 0.3 is 0 Å². The molecule has 1 atom stereocenters. The maximum Gasteiger partial charge on any atom is 0.191 e. The van der Waals surface area contributed by atoms with Crippen molar-refractivity contribution in [3.63, 3.8) is 0 Å². The highest BCUT2D eigenvalue weighted by Gasteiger charge is 2.20. The lowest BCUT2D eigenvalue weighted by Gasteiger charge is -2.32. The predicted octanol–water partition coefficient (Wildman–Crippen LogP) is 4.69. The molecule has 2 aromatic rings. The molecule has 29 heavy (non-hydrogen) atoms. The van der Waals surface area contributed by atoms with Crippen LogP contribution in [0.25, 0.3) is 0 Å². The number of nitrogens with one attached hydrogen (secondary N) is 2. The second-order valence-electron chi connectivity index (χ2n) is 7.56. The molecule has 1 fully saturated rings. The van der Waals surface area contributed by atoms with Crippen molar-refractivity contribution in [3.8, 4) is 0 Å². The number of likely N-dealkylation sites (tertiary alicyclic amines) is 1. The van der Waals surface area contributed by atoms with Gasteiger partial charge in [-0.1, -0.05) is 31.2 Å². The normalized spacial score (nSPS) is 16.9. The lowest BCUT2D eigenvalue weighted by molar-refractivity contribution is 0.176. The van der Waals surface area contributed by atoms with E-state index in [1.54, 1.807) is 23.5 Å². The molecule has 1 aliphatic rings. The van der Waals surface area contributed by atoms with Gasteiger partial charge in [0.05, 0.1) is 0 Å². The van der Waals surface area contributed by atoms with Crippen molar-refractivity contribution < 1.29 is 4.39 Å². The quantitative estimate of drug-likeness (QED) is 0.310. The summed E-state index contributed by atoms with van der Waals surface area (Å²) in [5, 5.41) is 9.04. The molecule has 2 N–H and O–H groups in total. The zero-order valence-electron chi connectivity index (χ0n) is 17.2. The molecule has 1 aromatic carbocycles. The lowest BCUT2D eigenvalue weighted by Crippen LogP contribution is -2.43. The van der Waals surface area contributed by atoms with Crippen LogP contribution in [0.2, 0.25) is 0 Å². The van der Waals surface area contributed by atoms with Crippen molar-refractivity contribution in [2.45, 2.75) is 32.2 Å². The molecule has 2 heterocycles. The Morgan fingerprint density at radius 3 is 2.62 bits per heavy atom. The maximum absolute atomic E-state index is 13.8. The molecule has 0 saturated carbocycles. The van der Waals surface area contributed by atoms with E-state index in [-0.39, 0.29) is 29.8 Å². The van der Waals surface area contributed by atoms with E-state index >= 15 is 0 Å². The van der Waals surface area contributed by atoms with Crippen molar-refractivity contribution in [1.82, 2.24) is 15.5 Å². The Labute approximate surface area is 195 Å². The summed E-state index contributed by atoms with van der Waals surface area (Å²) in [7, 11) is 1.82. The monoisotopic (exact) mass is 530 g/mol. The first-order valence-electron chi connectivity index (χ1n) is 10.1. The van der Waals surface area contributed by atoms with Crippen LogP contribution in [0.15, 0.2) is 46.8 Å². The van der Waals surface area contributed by atoms with Crippen molar-refractivity contribution in [2.24, 2.45) is 10.9 Å². The van der Waals surface area contributed by atoms with Crippen LogP contribution < -0.4 is 10.6 Å². The highest BCUT2D eigenvalue weighted by molar-refractivity contribution is 14.0. The molecule has 0 aliphatic carbocycles. The fourth-order valence-corrected chi connectivity index (χ4v) is 4.39. The highest BCUT2D eigenvalue weighted by Crippen LogP contribution is 2.20. The number of halogens is 2. The number of guanidine groups is 1. The van der Waals surface area contributed by atoms with Crippen LogP contribution in [-0.4, -0.2) is 44.1 Å². The molecular weight excluding hydrogens is 498 g/mol. The number of rotatable bonds is 7. The average molecular weight is 530 g/mol. The van der Waals surface area contributed by atoms with Gasteiger partial charge in [-0.05, 0) is 49.4 Å². The van der Waals surface area contributed by atoms with E-state index in [1.807, 2.05) is 19.2 Å². The summed E-state index contributed by atoms with van der Waals surface area (Å²) < 4.78 is 13.8. The topological polar surface area (TPSA) is 39.7 Å². The van der Waals surface area contributed by atoms with Crippen molar-refractivity contribution >= 4 is 41.3 Å². The minimum Gasteiger partial charge on any atom is -0.356 e. The molecule has 160 valence electrons. The minimum absolute atomic E-state index is 0. The van der Waals surface area contributed by atoms with Gasteiger partial charge in [0.15, 0.2) is 5.96 Å². The van der Waals surface area contributed by atoms with Gasteiger partial charge in [0, 0.05) is 43.0 Å². The summed E-state index contributed by atoms with van der Waals surface area (Å²) in [6, 6.07) is 11.4. The van der Waals surface area contributed by atoms with Gasteiger partial charge in [-0.15, -0.1) is 35.3 Å². The Balaban J connectivity index is 0.00000300. The second kappa shape index (κ2) is 12.5. The molecule has 3 rings (SSSR count). The summed E-state index contributed by atoms with van der Waals surface area (Å²) >= 11 is 1.80. The average Bonchev–Trinajstić information content (AvgIpc) is 3.26. The third-order valence-electron chi connectivity index (χ3n) is 5.45. The Bertz CT molecular complexity index is 745. The molecule has 0 bridgehead atoms. The summed E-state index contributed by atoms with van der Waals surface area (Å²) in [4.78, 5) is 8.10. The third kappa shape index (κ3) is 7.53. The van der Waals surface area contributed by atoms with E-state index in [1.165, 1.54) is 4.88 Å². The largest absolute Gasteiger partial charge is 0.356 e. The van der Waals surface area contributed by atoms with Crippen LogP contribution >= 0.6 is 35.3 Å². The predicted molar refractivity (Wildman–Crippen MR) is 132 cm³/mol. The van der Waals surface area contributed by atoms with Crippen LogP contribution in [0.4, 0.5) is 4.39 Å². The van der Waals surface area contributed by atoms with Crippen LogP contribution in [0.1, 0.15) is 36.1 Å². The molecule has 1 unspecified atom stereocenters. The number of piperidine rings is 1. The molecule has 1 saturated heterocycles. The number of hydrogen-bond donors (Lipinski definition) is 2. The molecular formula is C22H32FIN4S. The fraction of sp³-hybridized carbons (Fsp3) is 0.500. The van der Waals surface area contributed by atoms with Crippen LogP contribution in [0.3, 0.4) is 0 Å². The molecule has 1 aromatic heterocycles. The molecule has 0 amide bonds. The number of aliphatic imine (C=N–C) groups is 1. The Hall–Kier alpha value is -1.19. The molecule has 0 radical (unpaired) electrons. The fourth-order valence-electron chi connectivity index (χ4n) is 3.60. The van der Waals surface area contributed by atoms with Crippen molar-refractivity contribution in [2.75, 3.05) is 33.2 Å². The Kier molecular flexibility index (Phi) is 10.4. The first-order chi connectivity index (χ1) is 13.7. The minimum atomic E-state index is -0.0991. The number of hydrogen-bond acceptors (Lipinski definition) is 3. The standard InChI is InChI=1S/C22H31FN4S.HI/c1-17(21-8-5-13-28-21)14-25-22(24-2)26-15-18-9-11-27(12-10-18)16-19-6-3-4-7-20(19)23;/h3-8,13,17-18H,9-12,14-16H2,1-2H3,(H2,24,25,26);1H. The molecule has 4 nitrogen and oxygen atoms in total. The summed E-state index contributed by atoms with van der Waals surface area (Å²) in [6.07, 6.45) is 2.26. The van der Waals surface area contributed by atoms with Gasteiger partial charge in [-0.3, -0.25) is 9.89 Å². The maximum atomic E-state index is 13.8. The van der Waals surface area contributed by atoms with E-state index < -0.39 is 0 Å². The van der Waals surface area contributed by atoms with E-state index in [2.05, 4.69) is 45.0 Å². The van der Waals surface area contributed by atoms with Gasteiger partial charge in [0.2, 0.25) is 0 Å². The second-order valence-corrected chi connectivity index (χ2v) is 8.54. The zero-order chi connectivity index (χ0) is 19.8. The molecule has 1 aliphatic heterocycles. The van der Waals surface area contributed by atoms with Crippen molar-refractivity contribution in [3.05, 3.63) is 58.0 Å². The first kappa shape index (κ1) is 24.1. The molecule has 7 heteroatoms. The van der Waals surface area contributed by atoms with E-state index in [4.69, 9.17) is 0 Å². The van der Waals surface area contributed by atoms with E-state index in [9.17, 15) is 4.39 Å². The van der Waals surface area contributed by atoms with Gasteiger partial charge in [-0.2, -0.15) is 0 Å². The van der Waals surface area contributed by atoms with E-state index in [0.717, 1.165) is 50.5 Å². The number of thiophene rings is 1. The smallest absolute Gasteiger partial charge is 0.191 e. The third-order valence-corrected chi connectivity index (χ3v) is 6.55. The first-order valence-corrected chi connectivity index (χ1v) is 11.0. The van der Waals surface area contributed by atoms with Gasteiger partial charge in [0.1, 0.15) is 5.82 Å². The highest BCUT2D eigenvalue weighted by atomic mass is 127. The molecule has 0 spiro atoms. The Morgan fingerprint density at radius 1 is 1.21 bits per heavy atom. The number of nitrogens with zero attached hydrogens (tertiary/aromatic N) is 2. The van der Waals surface area contributed by atoms with Crippen molar-refractivity contribution in [1.29, 1.82) is 0 Å². The van der Waals surface area contributed by atoms with Crippen LogP contribution in [-0.2, 0) is 6.54 Å². The summed E-state index contributed by atoms with van der Waals surface area (Å²) in [5.74, 6) is 1.88. The van der Waals surface area contributed by atoms with E-state index in [0.29, 0.717) is 18.4 Å². The van der Waals surface area contributed by atoms with Gasteiger partial charge in [-0.25, -0.2) is 4.39 Å². The number of benzene rings is 1. The van der Waals surface area contributed by atoms with Crippen LogP contribution in [0.5, 0.6) is 0 Å². The SMILES string of the molecule is CN=C(NCC1CCN(Cc2ccccc2F)CC1)NCC(C)c1cccs1.I. The Morgan fingerprint density at radius 2 is 1.97 bits per heavy atom. The zero-order valence-corrected chi connectivity index (χ0v) is 20.4. The summed E-state index contributed by atoms with van der Waals surface area (Å²) in [6.45, 7) is 6.78.